The van der Waals surface area contributed by atoms with Crippen molar-refractivity contribution in [3.05, 3.63) is 34.9 Å². The first-order chi connectivity index (χ1) is 9.38. The Balaban J connectivity index is 1.90. The number of aliphatic hydroxyl groups is 1. The normalized spacial score (nSPS) is 16.3. The van der Waals surface area contributed by atoms with E-state index < -0.39 is 11.6 Å². The number of hydrogen-bond acceptors (Lipinski definition) is 3. The zero-order valence-electron chi connectivity index (χ0n) is 11.5. The van der Waals surface area contributed by atoms with E-state index in [2.05, 4.69) is 11.4 Å². The van der Waals surface area contributed by atoms with Gasteiger partial charge in [-0.3, -0.25) is 4.79 Å². The van der Waals surface area contributed by atoms with Crippen LogP contribution in [0.3, 0.4) is 0 Å². The quantitative estimate of drug-likeness (QED) is 0.738. The van der Waals surface area contributed by atoms with Crippen molar-refractivity contribution >= 4 is 11.9 Å². The van der Waals surface area contributed by atoms with E-state index >= 15 is 0 Å². The monoisotopic (exact) mass is 277 g/mol. The van der Waals surface area contributed by atoms with Crippen LogP contribution in [0.5, 0.6) is 0 Å². The molecule has 1 aliphatic rings. The van der Waals surface area contributed by atoms with Gasteiger partial charge in [0.2, 0.25) is 5.91 Å². The largest absolute Gasteiger partial charge is 0.479 e. The summed E-state index contributed by atoms with van der Waals surface area (Å²) in [6.45, 7) is 0.858. The summed E-state index contributed by atoms with van der Waals surface area (Å²) in [7, 11) is 0. The Morgan fingerprint density at radius 1 is 1.30 bits per heavy atom. The van der Waals surface area contributed by atoms with Gasteiger partial charge in [-0.05, 0) is 42.9 Å². The van der Waals surface area contributed by atoms with Gasteiger partial charge in [0.1, 0.15) is 0 Å². The first-order valence-corrected chi connectivity index (χ1v) is 6.71. The standard InChI is InChI=1S/C15H19NO4/c1-15(20,14(18)19)9-16-13(17)8-10-5-6-11-3-2-4-12(11)7-10/h5-7,20H,2-4,8-9H2,1H3,(H,16,17)(H,18,19). The lowest BCUT2D eigenvalue weighted by Crippen LogP contribution is -2.46. The number of fused-ring (bicyclic) bond motifs is 1. The lowest BCUT2D eigenvalue weighted by molar-refractivity contribution is -0.156. The van der Waals surface area contributed by atoms with Crippen molar-refractivity contribution in [1.29, 1.82) is 0 Å². The van der Waals surface area contributed by atoms with Crippen molar-refractivity contribution in [3.63, 3.8) is 0 Å². The number of benzene rings is 1. The summed E-state index contributed by atoms with van der Waals surface area (Å²) in [6, 6.07) is 6.02. The molecule has 1 aliphatic carbocycles. The van der Waals surface area contributed by atoms with Crippen LogP contribution in [0.25, 0.3) is 0 Å². The fourth-order valence-electron chi connectivity index (χ4n) is 2.33. The predicted octanol–water partition coefficient (Wildman–Crippen LogP) is 0.670. The highest BCUT2D eigenvalue weighted by molar-refractivity contribution is 5.81. The predicted molar refractivity (Wildman–Crippen MR) is 73.4 cm³/mol. The van der Waals surface area contributed by atoms with E-state index in [0.29, 0.717) is 0 Å². The second kappa shape index (κ2) is 5.63. The SMILES string of the molecule is CC(O)(CNC(=O)Cc1ccc2c(c1)CCC2)C(=O)O. The fraction of sp³-hybridized carbons (Fsp3) is 0.467. The summed E-state index contributed by atoms with van der Waals surface area (Å²) in [5.41, 5.74) is 1.63. The Kier molecular flexibility index (Phi) is 4.09. The van der Waals surface area contributed by atoms with Crippen LogP contribution in [0.1, 0.15) is 30.0 Å². The van der Waals surface area contributed by atoms with Gasteiger partial charge in [-0.1, -0.05) is 18.2 Å². The number of nitrogens with one attached hydrogen (secondary N) is 1. The number of aryl methyl sites for hydroxylation is 2. The zero-order chi connectivity index (χ0) is 14.8. The molecule has 0 radical (unpaired) electrons. The lowest BCUT2D eigenvalue weighted by Gasteiger charge is -2.18. The van der Waals surface area contributed by atoms with Gasteiger partial charge in [0.05, 0.1) is 13.0 Å². The highest BCUT2D eigenvalue weighted by Crippen LogP contribution is 2.22. The Hall–Kier alpha value is -1.88. The second-order valence-electron chi connectivity index (χ2n) is 5.49. The minimum absolute atomic E-state index is 0.197. The average molecular weight is 277 g/mol. The maximum Gasteiger partial charge on any atom is 0.337 e. The molecule has 5 nitrogen and oxygen atoms in total. The number of amides is 1. The molecule has 20 heavy (non-hydrogen) atoms. The van der Waals surface area contributed by atoms with E-state index in [0.717, 1.165) is 31.7 Å². The third-order valence-corrected chi connectivity index (χ3v) is 3.62. The number of carboxylic acids is 1. The van der Waals surface area contributed by atoms with Crippen molar-refractivity contribution in [3.8, 4) is 0 Å². The Morgan fingerprint density at radius 3 is 2.70 bits per heavy atom. The molecular formula is C15H19NO4. The van der Waals surface area contributed by atoms with Gasteiger partial charge in [-0.15, -0.1) is 0 Å². The maximum absolute atomic E-state index is 11.8. The molecule has 1 amide bonds. The van der Waals surface area contributed by atoms with Gasteiger partial charge in [-0.25, -0.2) is 4.79 Å². The van der Waals surface area contributed by atoms with E-state index in [1.54, 1.807) is 0 Å². The summed E-state index contributed by atoms with van der Waals surface area (Å²) in [5, 5.41) is 20.7. The van der Waals surface area contributed by atoms with Gasteiger partial charge < -0.3 is 15.5 Å². The van der Waals surface area contributed by atoms with Crippen LogP contribution in [0.2, 0.25) is 0 Å². The van der Waals surface area contributed by atoms with Crippen molar-refractivity contribution in [1.82, 2.24) is 5.32 Å². The van der Waals surface area contributed by atoms with E-state index in [9.17, 15) is 14.7 Å². The third kappa shape index (κ3) is 3.36. The average Bonchev–Trinajstić information content (AvgIpc) is 2.83. The first kappa shape index (κ1) is 14.5. The minimum atomic E-state index is -1.94. The van der Waals surface area contributed by atoms with Gasteiger partial charge in [0, 0.05) is 0 Å². The van der Waals surface area contributed by atoms with Crippen LogP contribution in [-0.2, 0) is 28.9 Å². The second-order valence-corrected chi connectivity index (χ2v) is 5.49. The van der Waals surface area contributed by atoms with Gasteiger partial charge in [0.25, 0.3) is 0 Å². The summed E-state index contributed by atoms with van der Waals surface area (Å²) >= 11 is 0. The fourth-order valence-corrected chi connectivity index (χ4v) is 2.33. The molecule has 2 rings (SSSR count). The Bertz CT molecular complexity index is 537. The number of hydrogen-bond donors (Lipinski definition) is 3. The summed E-state index contributed by atoms with van der Waals surface area (Å²) in [6.07, 6.45) is 3.51. The number of carbonyl (C=O) groups excluding carboxylic acids is 1. The highest BCUT2D eigenvalue weighted by atomic mass is 16.4. The zero-order valence-corrected chi connectivity index (χ0v) is 11.5. The molecule has 0 aliphatic heterocycles. The van der Waals surface area contributed by atoms with E-state index in [-0.39, 0.29) is 18.9 Å². The molecule has 1 unspecified atom stereocenters. The van der Waals surface area contributed by atoms with Crippen LogP contribution in [0.15, 0.2) is 18.2 Å². The smallest absolute Gasteiger partial charge is 0.337 e. The first-order valence-electron chi connectivity index (χ1n) is 6.71. The van der Waals surface area contributed by atoms with Crippen LogP contribution >= 0.6 is 0 Å². The molecule has 0 bridgehead atoms. The number of aliphatic carboxylic acids is 1. The molecule has 0 saturated heterocycles. The van der Waals surface area contributed by atoms with E-state index in [4.69, 9.17) is 5.11 Å². The molecule has 5 heteroatoms. The van der Waals surface area contributed by atoms with Crippen molar-refractivity contribution in [2.45, 2.75) is 38.2 Å². The molecule has 1 aromatic rings. The van der Waals surface area contributed by atoms with Crippen molar-refractivity contribution in [2.75, 3.05) is 6.54 Å². The molecule has 3 N–H and O–H groups in total. The Labute approximate surface area is 117 Å². The van der Waals surface area contributed by atoms with Gasteiger partial charge in [0.15, 0.2) is 5.60 Å². The summed E-state index contributed by atoms with van der Waals surface area (Å²) in [4.78, 5) is 22.5. The molecular weight excluding hydrogens is 258 g/mol. The number of rotatable bonds is 5. The molecule has 1 atom stereocenters. The molecule has 0 heterocycles. The van der Waals surface area contributed by atoms with Gasteiger partial charge in [-0.2, -0.15) is 0 Å². The van der Waals surface area contributed by atoms with E-state index in [1.165, 1.54) is 11.1 Å². The topological polar surface area (TPSA) is 86.6 Å². The van der Waals surface area contributed by atoms with Crippen LogP contribution < -0.4 is 5.32 Å². The van der Waals surface area contributed by atoms with Crippen molar-refractivity contribution in [2.24, 2.45) is 0 Å². The van der Waals surface area contributed by atoms with E-state index in [1.807, 2.05) is 12.1 Å². The van der Waals surface area contributed by atoms with Crippen LogP contribution in [0.4, 0.5) is 0 Å². The molecule has 0 fully saturated rings. The lowest BCUT2D eigenvalue weighted by atomic mass is 10.0. The summed E-state index contributed by atoms with van der Waals surface area (Å²) in [5.74, 6) is -1.64. The van der Waals surface area contributed by atoms with Crippen molar-refractivity contribution < 1.29 is 19.8 Å². The van der Waals surface area contributed by atoms with Crippen LogP contribution in [-0.4, -0.2) is 34.2 Å². The molecule has 0 saturated carbocycles. The minimum Gasteiger partial charge on any atom is -0.479 e. The maximum atomic E-state index is 11.8. The molecule has 0 aromatic heterocycles. The highest BCUT2D eigenvalue weighted by Gasteiger charge is 2.30. The Morgan fingerprint density at radius 2 is 2.00 bits per heavy atom. The van der Waals surface area contributed by atoms with Crippen LogP contribution in [0, 0.1) is 0 Å². The number of carbonyl (C=O) groups is 2. The molecule has 108 valence electrons. The number of carboxylic acid groups (broad SMARTS) is 1. The molecule has 1 aromatic carbocycles. The van der Waals surface area contributed by atoms with Gasteiger partial charge >= 0.3 is 5.97 Å². The summed E-state index contributed by atoms with van der Waals surface area (Å²) < 4.78 is 0. The molecule has 0 spiro atoms. The third-order valence-electron chi connectivity index (χ3n) is 3.62.